The van der Waals surface area contributed by atoms with Gasteiger partial charge in [-0.05, 0) is 25.0 Å². The molecular weight excluding hydrogens is 418 g/mol. The maximum absolute atomic E-state index is 5.98. The molecule has 1 unspecified atom stereocenters. The van der Waals surface area contributed by atoms with Crippen LogP contribution in [0.3, 0.4) is 0 Å². The third kappa shape index (κ3) is 6.29. The fourth-order valence-corrected chi connectivity index (χ4v) is 3.75. The van der Waals surface area contributed by atoms with Gasteiger partial charge in [0.25, 0.3) is 0 Å². The summed E-state index contributed by atoms with van der Waals surface area (Å²) in [5, 5.41) is 11.4. The molecule has 2 N–H and O–H groups in total. The number of fused-ring (bicyclic) bond motifs is 1. The lowest BCUT2D eigenvalue weighted by Gasteiger charge is -2.25. The van der Waals surface area contributed by atoms with Gasteiger partial charge in [-0.1, -0.05) is 36.4 Å². The summed E-state index contributed by atoms with van der Waals surface area (Å²) in [4.78, 5) is 13.8. The van der Waals surface area contributed by atoms with Gasteiger partial charge in [0.2, 0.25) is 5.88 Å². The fraction of sp³-hybridized carbons (Fsp3) is 0.417. The van der Waals surface area contributed by atoms with E-state index in [-0.39, 0.29) is 6.04 Å². The molecule has 1 atom stereocenters. The number of nitrogens with one attached hydrogen (secondary N) is 2. The fourth-order valence-electron chi connectivity index (χ4n) is 3.75. The molecule has 0 fully saturated rings. The predicted molar refractivity (Wildman–Crippen MR) is 126 cm³/mol. The van der Waals surface area contributed by atoms with Gasteiger partial charge in [-0.25, -0.2) is 19.6 Å². The molecule has 3 heterocycles. The van der Waals surface area contributed by atoms with Gasteiger partial charge in [-0.3, -0.25) is 0 Å². The number of hydrogen-bond acceptors (Lipinski definition) is 6. The molecule has 1 aliphatic rings. The third-order valence-electron chi connectivity index (χ3n) is 5.34. The Morgan fingerprint density at radius 2 is 2.06 bits per heavy atom. The normalized spacial score (nSPS) is 15.7. The lowest BCUT2D eigenvalue weighted by atomic mass is 10.1. The Morgan fingerprint density at radius 1 is 1.18 bits per heavy atom. The molecule has 0 bridgehead atoms. The van der Waals surface area contributed by atoms with Crippen molar-refractivity contribution in [2.75, 3.05) is 13.7 Å². The van der Waals surface area contributed by atoms with Gasteiger partial charge in [0.15, 0.2) is 11.8 Å². The number of guanidine groups is 1. The molecule has 4 rings (SSSR count). The van der Waals surface area contributed by atoms with Gasteiger partial charge in [0.1, 0.15) is 19.0 Å². The number of pyridine rings is 1. The summed E-state index contributed by atoms with van der Waals surface area (Å²) in [5.74, 6) is 3.11. The first-order valence-corrected chi connectivity index (χ1v) is 11.3. The Labute approximate surface area is 194 Å². The molecule has 0 radical (unpaired) electrons. The van der Waals surface area contributed by atoms with E-state index in [1.165, 1.54) is 0 Å². The molecule has 1 aliphatic heterocycles. The Hall–Kier alpha value is -3.46. The second kappa shape index (κ2) is 11.4. The zero-order chi connectivity index (χ0) is 22.9. The van der Waals surface area contributed by atoms with Crippen LogP contribution in [-0.4, -0.2) is 45.4 Å². The van der Waals surface area contributed by atoms with Crippen molar-refractivity contribution in [2.45, 2.75) is 52.1 Å². The van der Waals surface area contributed by atoms with Crippen molar-refractivity contribution < 1.29 is 9.47 Å². The summed E-state index contributed by atoms with van der Waals surface area (Å²) >= 11 is 0. The highest BCUT2D eigenvalue weighted by molar-refractivity contribution is 5.80. The maximum atomic E-state index is 5.98. The Bertz CT molecular complexity index is 1050. The summed E-state index contributed by atoms with van der Waals surface area (Å²) in [6, 6.07) is 14.2. The largest absolute Gasteiger partial charge is 0.473 e. The topological polar surface area (TPSA) is 98.5 Å². The first-order valence-electron chi connectivity index (χ1n) is 11.3. The highest BCUT2D eigenvalue weighted by Gasteiger charge is 2.22. The molecule has 1 aromatic carbocycles. The summed E-state index contributed by atoms with van der Waals surface area (Å²) in [6.07, 6.45) is 3.58. The summed E-state index contributed by atoms with van der Waals surface area (Å²) in [5.41, 5.74) is 2.04. The summed E-state index contributed by atoms with van der Waals surface area (Å²) in [6.45, 7) is 4.95. The number of aryl methyl sites for hydroxylation is 1. The van der Waals surface area contributed by atoms with Gasteiger partial charge < -0.3 is 20.1 Å². The summed E-state index contributed by atoms with van der Waals surface area (Å²) < 4.78 is 13.1. The SMILES string of the molecule is CCNC(=NCc1cccnc1OCc1ccccc1)NC1CCc2nc(COC)nn2C1. The Balaban J connectivity index is 1.39. The molecular formula is C24H31N7O2. The Morgan fingerprint density at radius 3 is 2.88 bits per heavy atom. The van der Waals surface area contributed by atoms with Crippen LogP contribution in [-0.2, 0) is 37.5 Å². The van der Waals surface area contributed by atoms with Crippen LogP contribution in [0, 0.1) is 0 Å². The zero-order valence-corrected chi connectivity index (χ0v) is 19.2. The monoisotopic (exact) mass is 449 g/mol. The van der Waals surface area contributed by atoms with Crippen LogP contribution in [0.25, 0.3) is 0 Å². The van der Waals surface area contributed by atoms with Crippen molar-refractivity contribution in [1.82, 2.24) is 30.4 Å². The van der Waals surface area contributed by atoms with E-state index in [2.05, 4.69) is 32.6 Å². The second-order valence-corrected chi connectivity index (χ2v) is 7.88. The van der Waals surface area contributed by atoms with Crippen molar-refractivity contribution in [2.24, 2.45) is 4.99 Å². The molecule has 0 saturated heterocycles. The number of aliphatic imine (C=N–C) groups is 1. The lowest BCUT2D eigenvalue weighted by Crippen LogP contribution is -2.47. The predicted octanol–water partition coefficient (Wildman–Crippen LogP) is 2.47. The highest BCUT2D eigenvalue weighted by atomic mass is 16.5. The number of ether oxygens (including phenoxy) is 2. The van der Waals surface area contributed by atoms with Gasteiger partial charge in [0, 0.05) is 37.9 Å². The van der Waals surface area contributed by atoms with Crippen molar-refractivity contribution >= 4 is 5.96 Å². The molecule has 3 aromatic rings. The number of rotatable bonds is 9. The number of methoxy groups -OCH3 is 1. The van der Waals surface area contributed by atoms with E-state index in [0.717, 1.165) is 54.7 Å². The first kappa shape index (κ1) is 22.7. The molecule has 0 spiro atoms. The van der Waals surface area contributed by atoms with E-state index in [9.17, 15) is 0 Å². The van der Waals surface area contributed by atoms with Crippen LogP contribution in [0.2, 0.25) is 0 Å². The van der Waals surface area contributed by atoms with E-state index in [4.69, 9.17) is 14.5 Å². The van der Waals surface area contributed by atoms with Gasteiger partial charge in [-0.2, -0.15) is 5.10 Å². The van der Waals surface area contributed by atoms with Crippen LogP contribution in [0.4, 0.5) is 0 Å². The third-order valence-corrected chi connectivity index (χ3v) is 5.34. The van der Waals surface area contributed by atoms with Crippen LogP contribution in [0.15, 0.2) is 53.7 Å². The van der Waals surface area contributed by atoms with Gasteiger partial charge in [-0.15, -0.1) is 0 Å². The quantitative estimate of drug-likeness (QED) is 0.382. The minimum absolute atomic E-state index is 0.218. The molecule has 174 valence electrons. The van der Waals surface area contributed by atoms with Crippen molar-refractivity contribution in [1.29, 1.82) is 0 Å². The van der Waals surface area contributed by atoms with Crippen LogP contribution in [0.1, 0.15) is 36.1 Å². The molecule has 0 saturated carbocycles. The highest BCUT2D eigenvalue weighted by Crippen LogP contribution is 2.18. The average Bonchev–Trinajstić information content (AvgIpc) is 3.24. The lowest BCUT2D eigenvalue weighted by molar-refractivity contribution is 0.177. The van der Waals surface area contributed by atoms with E-state index < -0.39 is 0 Å². The summed E-state index contributed by atoms with van der Waals surface area (Å²) in [7, 11) is 1.66. The number of hydrogen-bond donors (Lipinski definition) is 2. The standard InChI is InChI=1S/C24H31N7O2/c1-3-25-24(28-20-11-12-22-29-21(17-32-2)30-31(22)15-20)27-14-19-10-7-13-26-23(19)33-16-18-8-5-4-6-9-18/h4-10,13,20H,3,11-12,14-17H2,1-2H3,(H2,25,27,28). The Kier molecular flexibility index (Phi) is 7.86. The van der Waals surface area contributed by atoms with Crippen LogP contribution in [0.5, 0.6) is 5.88 Å². The van der Waals surface area contributed by atoms with Crippen LogP contribution < -0.4 is 15.4 Å². The molecule has 0 amide bonds. The van der Waals surface area contributed by atoms with Gasteiger partial charge in [0.05, 0.1) is 13.1 Å². The second-order valence-electron chi connectivity index (χ2n) is 7.88. The number of aromatic nitrogens is 4. The molecule has 9 nitrogen and oxygen atoms in total. The number of benzene rings is 1. The number of nitrogens with zero attached hydrogens (tertiary/aromatic N) is 5. The van der Waals surface area contributed by atoms with E-state index in [1.807, 2.05) is 47.1 Å². The average molecular weight is 450 g/mol. The first-order chi connectivity index (χ1) is 16.2. The molecule has 0 aliphatic carbocycles. The molecule has 33 heavy (non-hydrogen) atoms. The minimum atomic E-state index is 0.218. The smallest absolute Gasteiger partial charge is 0.218 e. The van der Waals surface area contributed by atoms with Gasteiger partial charge >= 0.3 is 0 Å². The van der Waals surface area contributed by atoms with Crippen molar-refractivity contribution in [3.05, 3.63) is 71.4 Å². The van der Waals surface area contributed by atoms with Crippen molar-refractivity contribution in [3.63, 3.8) is 0 Å². The zero-order valence-electron chi connectivity index (χ0n) is 19.2. The maximum Gasteiger partial charge on any atom is 0.218 e. The van der Waals surface area contributed by atoms with Crippen LogP contribution >= 0.6 is 0 Å². The van der Waals surface area contributed by atoms with E-state index in [0.29, 0.717) is 25.6 Å². The molecule has 9 heteroatoms. The minimum Gasteiger partial charge on any atom is -0.473 e. The van der Waals surface area contributed by atoms with Crippen molar-refractivity contribution in [3.8, 4) is 5.88 Å². The van der Waals surface area contributed by atoms with E-state index >= 15 is 0 Å². The van der Waals surface area contributed by atoms with E-state index in [1.54, 1.807) is 13.3 Å². The molecule has 2 aromatic heterocycles.